The van der Waals surface area contributed by atoms with E-state index in [9.17, 15) is 4.91 Å². The SMILES string of the molecule is COc1ccc(C(N=O)c2ccc(OC)cc2)cc1. The lowest BCUT2D eigenvalue weighted by atomic mass is 9.99. The Morgan fingerprint density at radius 2 is 1.16 bits per heavy atom. The Balaban J connectivity index is 2.29. The minimum Gasteiger partial charge on any atom is -0.497 e. The van der Waals surface area contributed by atoms with Crippen molar-refractivity contribution in [1.29, 1.82) is 0 Å². The average molecular weight is 257 g/mol. The largest absolute Gasteiger partial charge is 0.497 e. The van der Waals surface area contributed by atoms with E-state index in [0.717, 1.165) is 22.6 Å². The van der Waals surface area contributed by atoms with Crippen molar-refractivity contribution in [3.05, 3.63) is 64.6 Å². The Morgan fingerprint density at radius 3 is 1.42 bits per heavy atom. The molecular weight excluding hydrogens is 242 g/mol. The second kappa shape index (κ2) is 6.00. The summed E-state index contributed by atoms with van der Waals surface area (Å²) in [6, 6.07) is 14.1. The van der Waals surface area contributed by atoms with Crippen LogP contribution in [0, 0.1) is 4.91 Å². The fourth-order valence-electron chi connectivity index (χ4n) is 1.89. The Kier molecular flexibility index (Phi) is 4.13. The molecule has 0 spiro atoms. The van der Waals surface area contributed by atoms with Crippen LogP contribution in [0.2, 0.25) is 0 Å². The summed E-state index contributed by atoms with van der Waals surface area (Å²) in [7, 11) is 3.21. The summed E-state index contributed by atoms with van der Waals surface area (Å²) < 4.78 is 10.2. The van der Waals surface area contributed by atoms with Crippen molar-refractivity contribution in [2.75, 3.05) is 14.2 Å². The molecule has 0 unspecified atom stereocenters. The van der Waals surface area contributed by atoms with Gasteiger partial charge in [-0.05, 0) is 35.4 Å². The number of benzene rings is 2. The smallest absolute Gasteiger partial charge is 0.142 e. The predicted molar refractivity (Wildman–Crippen MR) is 73.6 cm³/mol. The molecule has 0 heterocycles. The first-order chi connectivity index (χ1) is 9.28. The molecule has 0 atom stereocenters. The number of methoxy groups -OCH3 is 2. The molecule has 0 aliphatic carbocycles. The molecule has 0 fully saturated rings. The van der Waals surface area contributed by atoms with Crippen molar-refractivity contribution >= 4 is 0 Å². The maximum atomic E-state index is 11.1. The van der Waals surface area contributed by atoms with Crippen LogP contribution >= 0.6 is 0 Å². The van der Waals surface area contributed by atoms with Crippen LogP contribution in [0.25, 0.3) is 0 Å². The molecular formula is C15H15NO3. The Bertz CT molecular complexity index is 487. The molecule has 0 aromatic heterocycles. The highest BCUT2D eigenvalue weighted by atomic mass is 16.5. The Hall–Kier alpha value is -2.36. The van der Waals surface area contributed by atoms with Crippen LogP contribution in [-0.2, 0) is 0 Å². The first-order valence-electron chi connectivity index (χ1n) is 5.89. The zero-order valence-electron chi connectivity index (χ0n) is 10.9. The van der Waals surface area contributed by atoms with Gasteiger partial charge in [-0.25, -0.2) is 0 Å². The normalized spacial score (nSPS) is 10.3. The van der Waals surface area contributed by atoms with Gasteiger partial charge >= 0.3 is 0 Å². The van der Waals surface area contributed by atoms with Crippen molar-refractivity contribution in [3.63, 3.8) is 0 Å². The highest BCUT2D eigenvalue weighted by molar-refractivity contribution is 5.37. The maximum Gasteiger partial charge on any atom is 0.142 e. The van der Waals surface area contributed by atoms with Gasteiger partial charge in [-0.1, -0.05) is 29.4 Å². The maximum absolute atomic E-state index is 11.1. The molecule has 0 bridgehead atoms. The Morgan fingerprint density at radius 1 is 0.789 bits per heavy atom. The van der Waals surface area contributed by atoms with Gasteiger partial charge in [0.05, 0.1) is 14.2 Å². The average Bonchev–Trinajstić information content (AvgIpc) is 2.49. The molecule has 0 aliphatic rings. The lowest BCUT2D eigenvalue weighted by Gasteiger charge is -2.11. The van der Waals surface area contributed by atoms with Crippen LogP contribution in [0.1, 0.15) is 17.2 Å². The monoisotopic (exact) mass is 257 g/mol. The van der Waals surface area contributed by atoms with Crippen molar-refractivity contribution in [2.24, 2.45) is 5.18 Å². The zero-order valence-corrected chi connectivity index (χ0v) is 10.9. The molecule has 98 valence electrons. The lowest BCUT2D eigenvalue weighted by Crippen LogP contribution is -1.97. The lowest BCUT2D eigenvalue weighted by molar-refractivity contribution is 0.414. The van der Waals surface area contributed by atoms with Crippen LogP contribution in [0.3, 0.4) is 0 Å². The molecule has 0 N–H and O–H groups in total. The number of hydrogen-bond acceptors (Lipinski definition) is 4. The standard InChI is InChI=1S/C15H15NO3/c1-18-13-7-3-11(4-8-13)15(16-17)12-5-9-14(19-2)10-6-12/h3-10,15H,1-2H3. The van der Waals surface area contributed by atoms with Gasteiger partial charge in [0.2, 0.25) is 0 Å². The minimum absolute atomic E-state index is 0.517. The van der Waals surface area contributed by atoms with Gasteiger partial charge in [-0.2, -0.15) is 0 Å². The third-order valence-electron chi connectivity index (χ3n) is 2.97. The summed E-state index contributed by atoms with van der Waals surface area (Å²) in [5, 5.41) is 3.21. The summed E-state index contributed by atoms with van der Waals surface area (Å²) in [6.07, 6.45) is 0. The van der Waals surface area contributed by atoms with E-state index in [0.29, 0.717) is 0 Å². The summed E-state index contributed by atoms with van der Waals surface area (Å²) in [4.78, 5) is 11.1. The zero-order chi connectivity index (χ0) is 13.7. The summed E-state index contributed by atoms with van der Waals surface area (Å²) in [5.74, 6) is 1.51. The van der Waals surface area contributed by atoms with E-state index in [1.165, 1.54) is 0 Å². The summed E-state index contributed by atoms with van der Waals surface area (Å²) in [5.41, 5.74) is 1.67. The van der Waals surface area contributed by atoms with Crippen LogP contribution in [0.15, 0.2) is 53.7 Å². The van der Waals surface area contributed by atoms with Crippen molar-refractivity contribution < 1.29 is 9.47 Å². The molecule has 4 heteroatoms. The second-order valence-corrected chi connectivity index (χ2v) is 4.05. The third-order valence-corrected chi connectivity index (χ3v) is 2.97. The molecule has 0 saturated carbocycles. The van der Waals surface area contributed by atoms with Crippen LogP contribution in [0.4, 0.5) is 0 Å². The molecule has 0 amide bonds. The van der Waals surface area contributed by atoms with Crippen molar-refractivity contribution in [3.8, 4) is 11.5 Å². The molecule has 0 aliphatic heterocycles. The molecule has 2 rings (SSSR count). The molecule has 4 nitrogen and oxygen atoms in total. The van der Waals surface area contributed by atoms with E-state index in [4.69, 9.17) is 9.47 Å². The molecule has 19 heavy (non-hydrogen) atoms. The van der Waals surface area contributed by atoms with Crippen molar-refractivity contribution in [1.82, 2.24) is 0 Å². The predicted octanol–water partition coefficient (Wildman–Crippen LogP) is 3.56. The van der Waals surface area contributed by atoms with Gasteiger partial charge in [-0.15, -0.1) is 4.91 Å². The van der Waals surface area contributed by atoms with Gasteiger partial charge in [-0.3, -0.25) is 0 Å². The van der Waals surface area contributed by atoms with Gasteiger partial charge in [0.1, 0.15) is 17.5 Å². The first-order valence-corrected chi connectivity index (χ1v) is 5.89. The molecule has 2 aromatic rings. The second-order valence-electron chi connectivity index (χ2n) is 4.05. The quantitative estimate of drug-likeness (QED) is 0.769. The van der Waals surface area contributed by atoms with E-state index in [1.54, 1.807) is 14.2 Å². The minimum atomic E-state index is -0.517. The van der Waals surface area contributed by atoms with E-state index in [-0.39, 0.29) is 0 Å². The van der Waals surface area contributed by atoms with Gasteiger partial charge in [0, 0.05) is 0 Å². The number of nitrogens with zero attached hydrogens (tertiary/aromatic N) is 1. The van der Waals surface area contributed by atoms with E-state index in [1.807, 2.05) is 48.5 Å². The highest BCUT2D eigenvalue weighted by Crippen LogP contribution is 2.28. The van der Waals surface area contributed by atoms with E-state index in [2.05, 4.69) is 5.18 Å². The summed E-state index contributed by atoms with van der Waals surface area (Å²) in [6.45, 7) is 0. The number of hydrogen-bond donors (Lipinski definition) is 0. The molecule has 0 saturated heterocycles. The van der Waals surface area contributed by atoms with Crippen LogP contribution in [0.5, 0.6) is 11.5 Å². The summed E-state index contributed by atoms with van der Waals surface area (Å²) >= 11 is 0. The number of ether oxygens (including phenoxy) is 2. The number of nitroso groups, excluding NO2 is 1. The van der Waals surface area contributed by atoms with Gasteiger partial charge < -0.3 is 9.47 Å². The Labute approximate surface area is 112 Å². The van der Waals surface area contributed by atoms with Crippen LogP contribution < -0.4 is 9.47 Å². The topological polar surface area (TPSA) is 47.9 Å². The third kappa shape index (κ3) is 2.91. The van der Waals surface area contributed by atoms with Gasteiger partial charge in [0.25, 0.3) is 0 Å². The first kappa shape index (κ1) is 13.1. The van der Waals surface area contributed by atoms with Crippen LogP contribution in [-0.4, -0.2) is 14.2 Å². The fourth-order valence-corrected chi connectivity index (χ4v) is 1.89. The fraction of sp³-hybridized carbons (Fsp3) is 0.200. The van der Waals surface area contributed by atoms with Gasteiger partial charge in [0.15, 0.2) is 0 Å². The highest BCUT2D eigenvalue weighted by Gasteiger charge is 2.14. The van der Waals surface area contributed by atoms with Crippen molar-refractivity contribution in [2.45, 2.75) is 6.04 Å². The van der Waals surface area contributed by atoms with E-state index >= 15 is 0 Å². The number of rotatable bonds is 5. The molecule has 2 aromatic carbocycles. The van der Waals surface area contributed by atoms with E-state index < -0.39 is 6.04 Å². The molecule has 0 radical (unpaired) electrons.